The maximum absolute atomic E-state index is 9.86. The van der Waals surface area contributed by atoms with Crippen molar-refractivity contribution in [3.63, 3.8) is 0 Å². The molecule has 0 aliphatic carbocycles. The van der Waals surface area contributed by atoms with Gasteiger partial charge in [0.15, 0.2) is 0 Å². The topological polar surface area (TPSA) is 56.0 Å². The SMILES string of the molecule is CCC(O)(CC)CNCCCC#N. The van der Waals surface area contributed by atoms with Crippen LogP contribution in [0.2, 0.25) is 0 Å². The van der Waals surface area contributed by atoms with E-state index in [0.29, 0.717) is 13.0 Å². The fraction of sp³-hybridized carbons (Fsp3) is 0.900. The Morgan fingerprint density at radius 2 is 2.00 bits per heavy atom. The highest BCUT2D eigenvalue weighted by atomic mass is 16.3. The van der Waals surface area contributed by atoms with E-state index in [1.165, 1.54) is 0 Å². The van der Waals surface area contributed by atoms with Gasteiger partial charge in [0.25, 0.3) is 0 Å². The van der Waals surface area contributed by atoms with Crippen LogP contribution in [-0.4, -0.2) is 23.8 Å². The van der Waals surface area contributed by atoms with Gasteiger partial charge in [-0.3, -0.25) is 0 Å². The first kappa shape index (κ1) is 12.4. The number of nitriles is 1. The first-order chi connectivity index (χ1) is 6.18. The lowest BCUT2D eigenvalue weighted by Gasteiger charge is -2.25. The first-order valence-electron chi connectivity index (χ1n) is 4.98. The number of hydrogen-bond donors (Lipinski definition) is 2. The Balaban J connectivity index is 3.45. The van der Waals surface area contributed by atoms with Gasteiger partial charge in [-0.2, -0.15) is 5.26 Å². The molecule has 0 aliphatic rings. The zero-order valence-electron chi connectivity index (χ0n) is 8.64. The first-order valence-corrected chi connectivity index (χ1v) is 4.98. The van der Waals surface area contributed by atoms with Crippen LogP contribution in [0.5, 0.6) is 0 Å². The summed E-state index contributed by atoms with van der Waals surface area (Å²) in [6.45, 7) is 5.42. The third-order valence-electron chi connectivity index (χ3n) is 2.41. The lowest BCUT2D eigenvalue weighted by molar-refractivity contribution is 0.0327. The molecule has 0 fully saturated rings. The molecule has 0 radical (unpaired) electrons. The molecule has 0 bridgehead atoms. The fourth-order valence-corrected chi connectivity index (χ4v) is 1.11. The Bertz CT molecular complexity index is 159. The molecule has 0 atom stereocenters. The number of nitrogens with one attached hydrogen (secondary N) is 1. The van der Waals surface area contributed by atoms with Gasteiger partial charge in [0.05, 0.1) is 11.7 Å². The predicted molar refractivity (Wildman–Crippen MR) is 53.2 cm³/mol. The molecule has 2 N–H and O–H groups in total. The van der Waals surface area contributed by atoms with E-state index in [4.69, 9.17) is 5.26 Å². The standard InChI is InChI=1S/C10H20N2O/c1-3-10(13,4-2)9-12-8-6-5-7-11/h12-13H,3-6,8-9H2,1-2H3. The van der Waals surface area contributed by atoms with Gasteiger partial charge >= 0.3 is 0 Å². The Morgan fingerprint density at radius 1 is 1.38 bits per heavy atom. The summed E-state index contributed by atoms with van der Waals surface area (Å²) in [6, 6.07) is 2.09. The Kier molecular flexibility index (Phi) is 6.56. The van der Waals surface area contributed by atoms with E-state index in [1.807, 2.05) is 13.8 Å². The molecule has 3 heteroatoms. The predicted octanol–water partition coefficient (Wildman–Crippen LogP) is 1.43. The second kappa shape index (κ2) is 6.88. The largest absolute Gasteiger partial charge is 0.389 e. The zero-order chi connectivity index (χ0) is 10.2. The van der Waals surface area contributed by atoms with Crippen molar-refractivity contribution in [2.75, 3.05) is 13.1 Å². The quantitative estimate of drug-likeness (QED) is 0.588. The average Bonchev–Trinajstić information content (AvgIpc) is 2.17. The number of rotatable bonds is 7. The Labute approximate surface area is 80.8 Å². The third-order valence-corrected chi connectivity index (χ3v) is 2.41. The van der Waals surface area contributed by atoms with Gasteiger partial charge in [-0.05, 0) is 25.8 Å². The maximum Gasteiger partial charge on any atom is 0.0766 e. The molecule has 0 aromatic heterocycles. The minimum Gasteiger partial charge on any atom is -0.389 e. The van der Waals surface area contributed by atoms with Crippen molar-refractivity contribution < 1.29 is 5.11 Å². The smallest absolute Gasteiger partial charge is 0.0766 e. The zero-order valence-corrected chi connectivity index (χ0v) is 8.64. The summed E-state index contributed by atoms with van der Waals surface area (Å²) in [6.07, 6.45) is 2.99. The minimum atomic E-state index is -0.563. The van der Waals surface area contributed by atoms with Crippen molar-refractivity contribution in [2.45, 2.75) is 45.1 Å². The van der Waals surface area contributed by atoms with E-state index >= 15 is 0 Å². The third kappa shape index (κ3) is 5.62. The molecular formula is C10H20N2O. The van der Waals surface area contributed by atoms with E-state index in [2.05, 4.69) is 11.4 Å². The second-order valence-corrected chi connectivity index (χ2v) is 3.37. The molecule has 3 nitrogen and oxygen atoms in total. The van der Waals surface area contributed by atoms with Gasteiger partial charge < -0.3 is 10.4 Å². The van der Waals surface area contributed by atoms with Crippen molar-refractivity contribution in [1.82, 2.24) is 5.32 Å². The molecular weight excluding hydrogens is 164 g/mol. The summed E-state index contributed by atoms with van der Waals surface area (Å²) in [4.78, 5) is 0. The van der Waals surface area contributed by atoms with E-state index < -0.39 is 5.60 Å². The monoisotopic (exact) mass is 184 g/mol. The molecule has 13 heavy (non-hydrogen) atoms. The number of nitrogens with zero attached hydrogens (tertiary/aromatic N) is 1. The van der Waals surface area contributed by atoms with E-state index in [9.17, 15) is 5.11 Å². The van der Waals surface area contributed by atoms with Gasteiger partial charge in [0.2, 0.25) is 0 Å². The van der Waals surface area contributed by atoms with Crippen LogP contribution in [-0.2, 0) is 0 Å². The van der Waals surface area contributed by atoms with Crippen molar-refractivity contribution in [2.24, 2.45) is 0 Å². The van der Waals surface area contributed by atoms with Gasteiger partial charge in [0.1, 0.15) is 0 Å². The summed E-state index contributed by atoms with van der Waals surface area (Å²) in [5.74, 6) is 0. The molecule has 0 unspecified atom stereocenters. The summed E-state index contributed by atoms with van der Waals surface area (Å²) < 4.78 is 0. The molecule has 0 saturated heterocycles. The lowest BCUT2D eigenvalue weighted by atomic mass is 9.98. The van der Waals surface area contributed by atoms with Gasteiger partial charge in [-0.15, -0.1) is 0 Å². The molecule has 0 amide bonds. The van der Waals surface area contributed by atoms with Crippen LogP contribution in [0, 0.1) is 11.3 Å². The molecule has 0 aromatic carbocycles. The average molecular weight is 184 g/mol. The molecule has 0 aromatic rings. The van der Waals surface area contributed by atoms with Crippen LogP contribution in [0.1, 0.15) is 39.5 Å². The fourth-order valence-electron chi connectivity index (χ4n) is 1.11. The Morgan fingerprint density at radius 3 is 2.46 bits per heavy atom. The highest BCUT2D eigenvalue weighted by Gasteiger charge is 2.20. The molecule has 0 heterocycles. The number of aliphatic hydroxyl groups is 1. The van der Waals surface area contributed by atoms with E-state index in [-0.39, 0.29) is 0 Å². The van der Waals surface area contributed by atoms with E-state index in [1.54, 1.807) is 0 Å². The van der Waals surface area contributed by atoms with Crippen LogP contribution in [0.4, 0.5) is 0 Å². The highest BCUT2D eigenvalue weighted by Crippen LogP contribution is 2.12. The molecule has 0 aliphatic heterocycles. The Hall–Kier alpha value is -0.590. The summed E-state index contributed by atoms with van der Waals surface area (Å²) in [5, 5.41) is 21.3. The van der Waals surface area contributed by atoms with Crippen molar-refractivity contribution in [3.8, 4) is 6.07 Å². The number of unbranched alkanes of at least 4 members (excludes halogenated alkanes) is 1. The van der Waals surface area contributed by atoms with Crippen LogP contribution < -0.4 is 5.32 Å². The van der Waals surface area contributed by atoms with Crippen LogP contribution in [0.3, 0.4) is 0 Å². The minimum absolute atomic E-state index is 0.563. The van der Waals surface area contributed by atoms with Crippen LogP contribution >= 0.6 is 0 Å². The summed E-state index contributed by atoms with van der Waals surface area (Å²) in [5.41, 5.74) is -0.563. The molecule has 0 rings (SSSR count). The van der Waals surface area contributed by atoms with E-state index in [0.717, 1.165) is 25.8 Å². The number of hydrogen-bond acceptors (Lipinski definition) is 3. The highest BCUT2D eigenvalue weighted by molar-refractivity contribution is 4.78. The van der Waals surface area contributed by atoms with Gasteiger partial charge in [-0.25, -0.2) is 0 Å². The molecule has 0 spiro atoms. The molecule has 76 valence electrons. The van der Waals surface area contributed by atoms with Crippen molar-refractivity contribution >= 4 is 0 Å². The lowest BCUT2D eigenvalue weighted by Crippen LogP contribution is -2.39. The van der Waals surface area contributed by atoms with Crippen molar-refractivity contribution in [3.05, 3.63) is 0 Å². The second-order valence-electron chi connectivity index (χ2n) is 3.37. The van der Waals surface area contributed by atoms with Gasteiger partial charge in [0, 0.05) is 13.0 Å². The van der Waals surface area contributed by atoms with Gasteiger partial charge in [-0.1, -0.05) is 13.8 Å². The maximum atomic E-state index is 9.86. The summed E-state index contributed by atoms with van der Waals surface area (Å²) in [7, 11) is 0. The van der Waals surface area contributed by atoms with Crippen molar-refractivity contribution in [1.29, 1.82) is 5.26 Å². The normalized spacial score (nSPS) is 11.2. The molecule has 0 saturated carbocycles. The van der Waals surface area contributed by atoms with Crippen LogP contribution in [0.15, 0.2) is 0 Å². The van der Waals surface area contributed by atoms with Crippen LogP contribution in [0.25, 0.3) is 0 Å². The summed E-state index contributed by atoms with van der Waals surface area (Å²) >= 11 is 0.